The topological polar surface area (TPSA) is 68.8 Å². The largest absolute Gasteiger partial charge is 0.326 e. The molecule has 3 N–H and O–H groups in total. The first-order valence-corrected chi connectivity index (χ1v) is 7.21. The highest BCUT2D eigenvalue weighted by atomic mass is 15.4. The maximum absolute atomic E-state index is 5.58. The summed E-state index contributed by atoms with van der Waals surface area (Å²) in [6.07, 6.45) is 4.72. The molecule has 1 heterocycles. The third kappa shape index (κ3) is 3.65. The van der Waals surface area contributed by atoms with Crippen molar-refractivity contribution in [3.05, 3.63) is 47.3 Å². The normalized spacial score (nSPS) is 14.7. The zero-order valence-electron chi connectivity index (χ0n) is 11.6. The number of nitrogens with one attached hydrogen (secondary N) is 1. The quantitative estimate of drug-likeness (QED) is 0.799. The minimum atomic E-state index is 0.595. The molecule has 0 saturated heterocycles. The average molecular weight is 271 g/mol. The van der Waals surface area contributed by atoms with E-state index in [2.05, 4.69) is 39.9 Å². The first kappa shape index (κ1) is 13.3. The monoisotopic (exact) mass is 271 g/mol. The van der Waals surface area contributed by atoms with Crippen LogP contribution in [0.15, 0.2) is 30.5 Å². The van der Waals surface area contributed by atoms with E-state index < -0.39 is 0 Å². The highest BCUT2D eigenvalue weighted by Gasteiger charge is 2.22. The minimum absolute atomic E-state index is 0.595. The summed E-state index contributed by atoms with van der Waals surface area (Å²) < 4.78 is 1.96. The Morgan fingerprint density at radius 3 is 2.60 bits per heavy atom. The van der Waals surface area contributed by atoms with Crippen molar-refractivity contribution in [2.75, 3.05) is 0 Å². The predicted molar refractivity (Wildman–Crippen MR) is 77.6 cm³/mol. The lowest BCUT2D eigenvalue weighted by atomic mass is 10.1. The van der Waals surface area contributed by atoms with Crippen LogP contribution in [-0.4, -0.2) is 15.0 Å². The molecule has 106 valence electrons. The molecular weight excluding hydrogens is 250 g/mol. The maximum atomic E-state index is 5.58. The third-order valence-corrected chi connectivity index (χ3v) is 3.62. The van der Waals surface area contributed by atoms with E-state index in [0.29, 0.717) is 6.54 Å². The summed E-state index contributed by atoms with van der Waals surface area (Å²) in [5.74, 6) is 0.832. The predicted octanol–water partition coefficient (Wildman–Crippen LogP) is 1.44. The Kier molecular flexibility index (Phi) is 4.08. The van der Waals surface area contributed by atoms with Crippen molar-refractivity contribution in [2.24, 2.45) is 11.7 Å². The van der Waals surface area contributed by atoms with Crippen molar-refractivity contribution in [1.82, 2.24) is 20.3 Å². The molecule has 0 spiro atoms. The van der Waals surface area contributed by atoms with Gasteiger partial charge in [0.2, 0.25) is 0 Å². The van der Waals surface area contributed by atoms with Gasteiger partial charge in [-0.15, -0.1) is 5.10 Å². The summed E-state index contributed by atoms with van der Waals surface area (Å²) in [4.78, 5) is 0. The Morgan fingerprint density at radius 1 is 1.15 bits per heavy atom. The zero-order chi connectivity index (χ0) is 13.8. The molecule has 1 aliphatic rings. The van der Waals surface area contributed by atoms with Crippen molar-refractivity contribution in [3.8, 4) is 0 Å². The van der Waals surface area contributed by atoms with E-state index in [1.54, 1.807) is 0 Å². The van der Waals surface area contributed by atoms with Gasteiger partial charge < -0.3 is 11.1 Å². The number of aromatic nitrogens is 3. The summed E-state index contributed by atoms with van der Waals surface area (Å²) in [6.45, 7) is 3.20. The minimum Gasteiger partial charge on any atom is -0.326 e. The van der Waals surface area contributed by atoms with Crippen molar-refractivity contribution >= 4 is 0 Å². The lowest BCUT2D eigenvalue weighted by Gasteiger charge is -2.04. The first-order chi connectivity index (χ1) is 9.83. The Bertz CT molecular complexity index is 542. The molecule has 5 nitrogen and oxygen atoms in total. The van der Waals surface area contributed by atoms with Gasteiger partial charge in [0.15, 0.2) is 0 Å². The van der Waals surface area contributed by atoms with Gasteiger partial charge in [-0.2, -0.15) is 0 Å². The summed E-state index contributed by atoms with van der Waals surface area (Å²) in [5, 5.41) is 11.7. The highest BCUT2D eigenvalue weighted by Crippen LogP contribution is 2.30. The second-order valence-corrected chi connectivity index (χ2v) is 5.50. The van der Waals surface area contributed by atoms with E-state index in [9.17, 15) is 0 Å². The van der Waals surface area contributed by atoms with E-state index in [1.165, 1.54) is 18.4 Å². The SMILES string of the molecule is NCc1ccc(CNCc2cn(CC3CC3)nn2)cc1. The number of benzene rings is 1. The van der Waals surface area contributed by atoms with Crippen molar-refractivity contribution in [1.29, 1.82) is 0 Å². The van der Waals surface area contributed by atoms with Crippen LogP contribution in [0.25, 0.3) is 0 Å². The Morgan fingerprint density at radius 2 is 1.90 bits per heavy atom. The molecule has 0 amide bonds. The smallest absolute Gasteiger partial charge is 0.0964 e. The van der Waals surface area contributed by atoms with Crippen LogP contribution < -0.4 is 11.1 Å². The van der Waals surface area contributed by atoms with Crippen LogP contribution in [0.5, 0.6) is 0 Å². The fraction of sp³-hybridized carbons (Fsp3) is 0.467. The van der Waals surface area contributed by atoms with Crippen LogP contribution in [-0.2, 0) is 26.2 Å². The number of hydrogen-bond donors (Lipinski definition) is 2. The Hall–Kier alpha value is -1.72. The molecule has 0 unspecified atom stereocenters. The summed E-state index contributed by atoms with van der Waals surface area (Å²) in [5.41, 5.74) is 9.01. The molecule has 0 bridgehead atoms. The fourth-order valence-corrected chi connectivity index (χ4v) is 2.20. The van der Waals surface area contributed by atoms with Crippen molar-refractivity contribution < 1.29 is 0 Å². The molecule has 2 aromatic rings. The molecule has 1 saturated carbocycles. The lowest BCUT2D eigenvalue weighted by molar-refractivity contribution is 0.544. The summed E-state index contributed by atoms with van der Waals surface area (Å²) in [7, 11) is 0. The van der Waals surface area contributed by atoms with Gasteiger partial charge in [0.25, 0.3) is 0 Å². The van der Waals surface area contributed by atoms with Crippen LogP contribution in [0, 0.1) is 5.92 Å². The molecular formula is C15H21N5. The van der Waals surface area contributed by atoms with Gasteiger partial charge >= 0.3 is 0 Å². The van der Waals surface area contributed by atoms with Gasteiger partial charge in [0, 0.05) is 32.4 Å². The summed E-state index contributed by atoms with van der Waals surface area (Å²) in [6, 6.07) is 8.37. The molecule has 1 aliphatic carbocycles. The molecule has 0 radical (unpaired) electrons. The molecule has 5 heteroatoms. The third-order valence-electron chi connectivity index (χ3n) is 3.62. The highest BCUT2D eigenvalue weighted by molar-refractivity contribution is 5.22. The van der Waals surface area contributed by atoms with Gasteiger partial charge in [-0.3, -0.25) is 4.68 Å². The van der Waals surface area contributed by atoms with Crippen LogP contribution in [0.2, 0.25) is 0 Å². The second kappa shape index (κ2) is 6.15. The van der Waals surface area contributed by atoms with Crippen molar-refractivity contribution in [3.63, 3.8) is 0 Å². The zero-order valence-corrected chi connectivity index (χ0v) is 11.6. The molecule has 3 rings (SSSR count). The van der Waals surface area contributed by atoms with E-state index in [-0.39, 0.29) is 0 Å². The van der Waals surface area contributed by atoms with E-state index in [1.807, 2.05) is 10.9 Å². The first-order valence-electron chi connectivity index (χ1n) is 7.21. The molecule has 0 atom stereocenters. The lowest BCUT2D eigenvalue weighted by Crippen LogP contribution is -2.13. The number of nitrogens with two attached hydrogens (primary N) is 1. The van der Waals surface area contributed by atoms with Crippen LogP contribution >= 0.6 is 0 Å². The number of rotatable bonds is 7. The number of hydrogen-bond acceptors (Lipinski definition) is 4. The number of nitrogens with zero attached hydrogens (tertiary/aromatic N) is 3. The van der Waals surface area contributed by atoms with Gasteiger partial charge in [-0.1, -0.05) is 29.5 Å². The maximum Gasteiger partial charge on any atom is 0.0964 e. The average Bonchev–Trinajstić information content (AvgIpc) is 3.18. The van der Waals surface area contributed by atoms with Crippen LogP contribution in [0.3, 0.4) is 0 Å². The Labute approximate surface area is 119 Å². The molecule has 1 aromatic heterocycles. The Balaban J connectivity index is 1.45. The van der Waals surface area contributed by atoms with Crippen LogP contribution in [0.4, 0.5) is 0 Å². The van der Waals surface area contributed by atoms with Crippen LogP contribution in [0.1, 0.15) is 29.7 Å². The van der Waals surface area contributed by atoms with E-state index in [4.69, 9.17) is 5.73 Å². The van der Waals surface area contributed by atoms with Gasteiger partial charge in [0.1, 0.15) is 0 Å². The van der Waals surface area contributed by atoms with E-state index in [0.717, 1.165) is 36.8 Å². The van der Waals surface area contributed by atoms with Gasteiger partial charge in [-0.05, 0) is 29.9 Å². The molecule has 0 aliphatic heterocycles. The van der Waals surface area contributed by atoms with Crippen molar-refractivity contribution in [2.45, 2.75) is 39.0 Å². The molecule has 1 aromatic carbocycles. The molecule has 20 heavy (non-hydrogen) atoms. The fourth-order valence-electron chi connectivity index (χ4n) is 2.20. The summed E-state index contributed by atoms with van der Waals surface area (Å²) >= 11 is 0. The second-order valence-electron chi connectivity index (χ2n) is 5.50. The van der Waals surface area contributed by atoms with E-state index >= 15 is 0 Å². The van der Waals surface area contributed by atoms with Gasteiger partial charge in [-0.25, -0.2) is 0 Å². The standard InChI is InChI=1S/C15H21N5/c16-7-12-1-3-13(4-2-12)8-17-9-15-11-20(19-18-15)10-14-5-6-14/h1-4,11,14,17H,5-10,16H2. The van der Waals surface area contributed by atoms with Gasteiger partial charge in [0.05, 0.1) is 5.69 Å². The molecule has 1 fully saturated rings.